The summed E-state index contributed by atoms with van der Waals surface area (Å²) in [5.74, 6) is -0.0875. The predicted molar refractivity (Wildman–Crippen MR) is 188 cm³/mol. The molecule has 0 fully saturated rings. The van der Waals surface area contributed by atoms with E-state index in [4.69, 9.17) is 32.9 Å². The molecule has 6 rings (SSSR count). The van der Waals surface area contributed by atoms with Crippen molar-refractivity contribution in [3.8, 4) is 0 Å². The van der Waals surface area contributed by atoms with Gasteiger partial charge in [0.25, 0.3) is 5.56 Å². The molecular formula is C37H35Cl2N3O3S. The Hall–Kier alpha value is -3.91. The van der Waals surface area contributed by atoms with Gasteiger partial charge >= 0.3 is 5.97 Å². The number of carbonyl (C=O) groups excluding carboxylic acids is 1. The van der Waals surface area contributed by atoms with E-state index >= 15 is 0 Å². The van der Waals surface area contributed by atoms with Gasteiger partial charge in [-0.25, -0.2) is 9.79 Å². The molecule has 0 spiro atoms. The number of aromatic nitrogens is 2. The van der Waals surface area contributed by atoms with Crippen molar-refractivity contribution in [1.29, 1.82) is 0 Å². The molecule has 1 atom stereocenters. The molecule has 5 aromatic rings. The number of benzene rings is 3. The van der Waals surface area contributed by atoms with Crippen LogP contribution in [0.15, 0.2) is 94.0 Å². The SMILES string of the molecule is CCCC1=C(C(=O)OCC)[C@H](c2ccc(C(C)C)cc2)n2c(s/c(=C\c3cn(Cc4ccc(Cl)cc4Cl)c4ccccc34)c2=O)=N1. The van der Waals surface area contributed by atoms with E-state index in [0.29, 0.717) is 49.5 Å². The quantitative estimate of drug-likeness (QED) is 0.149. The van der Waals surface area contributed by atoms with Crippen molar-refractivity contribution in [2.24, 2.45) is 4.99 Å². The summed E-state index contributed by atoms with van der Waals surface area (Å²) < 4.78 is 9.88. The Labute approximate surface area is 281 Å². The molecule has 3 heterocycles. The third-order valence-corrected chi connectivity index (χ3v) is 9.84. The largest absolute Gasteiger partial charge is 0.463 e. The Morgan fingerprint density at radius 1 is 1.07 bits per heavy atom. The van der Waals surface area contributed by atoms with Crippen molar-refractivity contribution in [3.05, 3.63) is 136 Å². The van der Waals surface area contributed by atoms with Crippen LogP contribution in [-0.4, -0.2) is 21.7 Å². The van der Waals surface area contributed by atoms with Crippen molar-refractivity contribution in [2.45, 2.75) is 59.0 Å². The molecule has 1 aliphatic heterocycles. The lowest BCUT2D eigenvalue weighted by molar-refractivity contribution is -0.139. The highest BCUT2D eigenvalue weighted by molar-refractivity contribution is 7.07. The van der Waals surface area contributed by atoms with Gasteiger partial charge in [0.15, 0.2) is 4.80 Å². The topological polar surface area (TPSA) is 65.6 Å². The monoisotopic (exact) mass is 671 g/mol. The number of rotatable bonds is 9. The second kappa shape index (κ2) is 13.4. The van der Waals surface area contributed by atoms with Gasteiger partial charge in [0.2, 0.25) is 0 Å². The highest BCUT2D eigenvalue weighted by atomic mass is 35.5. The van der Waals surface area contributed by atoms with Crippen LogP contribution >= 0.6 is 34.5 Å². The molecule has 0 unspecified atom stereocenters. The van der Waals surface area contributed by atoms with Gasteiger partial charge in [-0.2, -0.15) is 0 Å². The molecule has 0 radical (unpaired) electrons. The summed E-state index contributed by atoms with van der Waals surface area (Å²) in [5, 5.41) is 2.20. The number of halogens is 2. The Morgan fingerprint density at radius 2 is 1.83 bits per heavy atom. The van der Waals surface area contributed by atoms with Crippen LogP contribution in [0, 0.1) is 0 Å². The van der Waals surface area contributed by atoms with E-state index in [-0.39, 0.29) is 12.2 Å². The molecule has 0 saturated heterocycles. The lowest BCUT2D eigenvalue weighted by Crippen LogP contribution is -2.40. The molecular weight excluding hydrogens is 637 g/mol. The summed E-state index contributed by atoms with van der Waals surface area (Å²) in [7, 11) is 0. The molecule has 0 saturated carbocycles. The maximum Gasteiger partial charge on any atom is 0.338 e. The average Bonchev–Trinajstić information content (AvgIpc) is 3.54. The summed E-state index contributed by atoms with van der Waals surface area (Å²) in [6.45, 7) is 8.90. The zero-order chi connectivity index (χ0) is 32.5. The molecule has 46 heavy (non-hydrogen) atoms. The van der Waals surface area contributed by atoms with Gasteiger partial charge in [-0.15, -0.1) is 0 Å². The van der Waals surface area contributed by atoms with Crippen molar-refractivity contribution in [3.63, 3.8) is 0 Å². The zero-order valence-corrected chi connectivity index (χ0v) is 28.5. The fraction of sp³-hybridized carbons (Fsp3) is 0.270. The Morgan fingerprint density at radius 3 is 2.52 bits per heavy atom. The van der Waals surface area contributed by atoms with E-state index in [1.54, 1.807) is 17.6 Å². The van der Waals surface area contributed by atoms with Crippen LogP contribution in [0.4, 0.5) is 0 Å². The predicted octanol–water partition coefficient (Wildman–Crippen LogP) is 8.01. The number of allylic oxidation sites excluding steroid dienone is 1. The summed E-state index contributed by atoms with van der Waals surface area (Å²) >= 11 is 14.0. The van der Waals surface area contributed by atoms with Crippen molar-refractivity contribution in [1.82, 2.24) is 9.13 Å². The van der Waals surface area contributed by atoms with Crippen LogP contribution in [-0.2, 0) is 16.1 Å². The summed E-state index contributed by atoms with van der Waals surface area (Å²) in [6, 6.07) is 21.1. The molecule has 0 N–H and O–H groups in total. The summed E-state index contributed by atoms with van der Waals surface area (Å²) in [5.41, 5.74) is 5.79. The third-order valence-electron chi connectivity index (χ3n) is 8.27. The average molecular weight is 673 g/mol. The van der Waals surface area contributed by atoms with E-state index in [2.05, 4.69) is 49.6 Å². The van der Waals surface area contributed by atoms with Crippen LogP contribution in [0.5, 0.6) is 0 Å². The van der Waals surface area contributed by atoms with Crippen LogP contribution in [0.2, 0.25) is 10.0 Å². The number of hydrogen-bond donors (Lipinski definition) is 0. The van der Waals surface area contributed by atoms with Gasteiger partial charge in [0, 0.05) is 39.3 Å². The smallest absolute Gasteiger partial charge is 0.338 e. The maximum absolute atomic E-state index is 14.3. The van der Waals surface area contributed by atoms with Crippen molar-refractivity contribution >= 4 is 57.5 Å². The van der Waals surface area contributed by atoms with Gasteiger partial charge < -0.3 is 9.30 Å². The van der Waals surface area contributed by atoms with Gasteiger partial charge in [0.05, 0.1) is 28.5 Å². The van der Waals surface area contributed by atoms with Crippen molar-refractivity contribution < 1.29 is 9.53 Å². The van der Waals surface area contributed by atoms with E-state index in [0.717, 1.165) is 34.0 Å². The van der Waals surface area contributed by atoms with Crippen LogP contribution in [0.1, 0.15) is 74.8 Å². The van der Waals surface area contributed by atoms with Crippen molar-refractivity contribution in [2.75, 3.05) is 6.61 Å². The zero-order valence-electron chi connectivity index (χ0n) is 26.2. The second-order valence-corrected chi connectivity index (χ2v) is 13.6. The van der Waals surface area contributed by atoms with E-state index < -0.39 is 12.0 Å². The van der Waals surface area contributed by atoms with Gasteiger partial charge in [-0.1, -0.05) is 110 Å². The second-order valence-electron chi connectivity index (χ2n) is 11.7. The first-order valence-electron chi connectivity index (χ1n) is 15.5. The number of fused-ring (bicyclic) bond motifs is 2. The number of esters is 1. The summed E-state index contributed by atoms with van der Waals surface area (Å²) in [6.07, 6.45) is 5.37. The fourth-order valence-electron chi connectivity index (χ4n) is 6.00. The highest BCUT2D eigenvalue weighted by Gasteiger charge is 2.34. The minimum atomic E-state index is -0.645. The molecule has 9 heteroatoms. The van der Waals surface area contributed by atoms with Gasteiger partial charge in [0.1, 0.15) is 0 Å². The number of carbonyl (C=O) groups is 1. The van der Waals surface area contributed by atoms with Gasteiger partial charge in [-0.05, 0) is 60.2 Å². The number of hydrogen-bond acceptors (Lipinski definition) is 5. The standard InChI is InChI=1S/C37H35Cl2N3O3S/c1-5-9-30-33(36(44)45-6-2)34(24-14-12-23(13-15-24)22(3)4)42-35(43)32(46-37(42)40-30)18-26-21-41(31-11-8-7-10-28(26)31)20-25-16-17-27(38)19-29(25)39/h7-8,10-19,21-22,34H,5-6,9,20H2,1-4H3/b32-18-/t34-/m0/s1. The normalized spacial score (nSPS) is 15.0. The third kappa shape index (κ3) is 6.11. The lowest BCUT2D eigenvalue weighted by atomic mass is 9.92. The molecule has 236 valence electrons. The first-order valence-corrected chi connectivity index (χ1v) is 17.1. The van der Waals surface area contributed by atoms with E-state index in [1.807, 2.05) is 48.7 Å². The minimum Gasteiger partial charge on any atom is -0.463 e. The Kier molecular flexibility index (Phi) is 9.37. The van der Waals surface area contributed by atoms with Crippen LogP contribution in [0.25, 0.3) is 17.0 Å². The highest BCUT2D eigenvalue weighted by Crippen LogP contribution is 2.33. The first kappa shape index (κ1) is 32.0. The number of ether oxygens (including phenoxy) is 1. The molecule has 2 aromatic heterocycles. The molecule has 6 nitrogen and oxygen atoms in total. The van der Waals surface area contributed by atoms with Gasteiger partial charge in [-0.3, -0.25) is 9.36 Å². The van der Waals surface area contributed by atoms with E-state index in [9.17, 15) is 9.59 Å². The Balaban J connectivity index is 1.53. The molecule has 0 bridgehead atoms. The molecule has 3 aromatic carbocycles. The number of nitrogens with zero attached hydrogens (tertiary/aromatic N) is 3. The fourth-order valence-corrected chi connectivity index (χ4v) is 7.47. The number of thiazole rings is 1. The van der Waals surface area contributed by atoms with Crippen LogP contribution in [0.3, 0.4) is 0 Å². The first-order chi connectivity index (χ1) is 22.2. The number of para-hydroxylation sites is 1. The molecule has 0 amide bonds. The molecule has 0 aliphatic carbocycles. The minimum absolute atomic E-state index is 0.198. The maximum atomic E-state index is 14.3. The van der Waals surface area contributed by atoms with E-state index in [1.165, 1.54) is 16.9 Å². The summed E-state index contributed by atoms with van der Waals surface area (Å²) in [4.78, 5) is 33.4. The lowest BCUT2D eigenvalue weighted by Gasteiger charge is -2.26. The Bertz CT molecular complexity index is 2160. The van der Waals surface area contributed by atoms with Crippen LogP contribution < -0.4 is 14.9 Å². The molecule has 1 aliphatic rings.